The van der Waals surface area contributed by atoms with Crippen molar-refractivity contribution in [1.82, 2.24) is 0 Å². The molecule has 72 valence electrons. The molecule has 1 aromatic carbocycles. The molecule has 0 aliphatic carbocycles. The van der Waals surface area contributed by atoms with Gasteiger partial charge in [-0.15, -0.1) is 0 Å². The van der Waals surface area contributed by atoms with Gasteiger partial charge >= 0.3 is 0 Å². The molecule has 0 amide bonds. The summed E-state index contributed by atoms with van der Waals surface area (Å²) in [6, 6.07) is 6.51. The van der Waals surface area contributed by atoms with E-state index < -0.39 is 7.37 Å². The molecule has 3 nitrogen and oxygen atoms in total. The fourth-order valence-corrected chi connectivity index (χ4v) is 2.00. The molecule has 1 aromatic rings. The summed E-state index contributed by atoms with van der Waals surface area (Å²) in [7, 11) is -3.14. The Morgan fingerprint density at radius 3 is 2.23 bits per heavy atom. The van der Waals surface area contributed by atoms with E-state index >= 15 is 0 Å². The molecular weight excluding hydrogens is 187 g/mol. The second-order valence-electron chi connectivity index (χ2n) is 2.84. The summed E-state index contributed by atoms with van der Waals surface area (Å²) in [5.74, 6) is 0. The Balaban J connectivity index is 2.99. The zero-order valence-corrected chi connectivity index (χ0v) is 8.37. The van der Waals surface area contributed by atoms with Gasteiger partial charge < -0.3 is 10.00 Å². The van der Waals surface area contributed by atoms with E-state index in [2.05, 4.69) is 0 Å². The summed E-state index contributed by atoms with van der Waals surface area (Å²) in [5.41, 5.74) is 0.750. The highest BCUT2D eigenvalue weighted by Crippen LogP contribution is 2.38. The van der Waals surface area contributed by atoms with Crippen LogP contribution in [0.25, 0.3) is 0 Å². The van der Waals surface area contributed by atoms with Crippen LogP contribution in [0, 0.1) is 0 Å². The van der Waals surface area contributed by atoms with Gasteiger partial charge in [0.15, 0.2) is 0 Å². The smallest absolute Gasteiger partial charge is 0.229 e. The fraction of sp³-hybridized carbons (Fsp3) is 0.333. The van der Waals surface area contributed by atoms with Gasteiger partial charge in [-0.1, -0.05) is 19.1 Å². The average Bonchev–Trinajstić information content (AvgIpc) is 2.18. The highest BCUT2D eigenvalue weighted by molar-refractivity contribution is 7.66. The minimum atomic E-state index is -3.14. The normalized spacial score (nSPS) is 15.3. The van der Waals surface area contributed by atoms with Crippen LogP contribution in [0.2, 0.25) is 0 Å². The molecule has 0 aliphatic rings. The van der Waals surface area contributed by atoms with Crippen LogP contribution in [0.5, 0.6) is 0 Å². The third-order valence-corrected chi connectivity index (χ3v) is 3.91. The number of benzene rings is 1. The van der Waals surface area contributed by atoms with Crippen molar-refractivity contribution >= 4 is 12.7 Å². The molecule has 0 fully saturated rings. The molecule has 1 unspecified atom stereocenters. The van der Waals surface area contributed by atoms with Crippen molar-refractivity contribution in [3.8, 4) is 0 Å². The van der Waals surface area contributed by atoms with E-state index in [4.69, 9.17) is 5.11 Å². The standard InChI is InChI=1S/C9H13O3P/c1-2-13(11,12)9-5-3-8(7-10)4-6-9/h3-6,10H,2,7H2,1H3,(H,11,12). The van der Waals surface area contributed by atoms with Crippen LogP contribution in [-0.2, 0) is 11.2 Å². The Labute approximate surface area is 77.5 Å². The molecule has 0 heterocycles. The molecule has 13 heavy (non-hydrogen) atoms. The molecule has 0 bridgehead atoms. The first-order chi connectivity index (χ1) is 6.10. The van der Waals surface area contributed by atoms with Crippen molar-refractivity contribution in [2.75, 3.05) is 6.16 Å². The highest BCUT2D eigenvalue weighted by atomic mass is 31.2. The number of hydrogen-bond acceptors (Lipinski definition) is 2. The number of rotatable bonds is 3. The van der Waals surface area contributed by atoms with E-state index in [1.165, 1.54) is 0 Å². The van der Waals surface area contributed by atoms with Crippen molar-refractivity contribution in [1.29, 1.82) is 0 Å². The van der Waals surface area contributed by atoms with E-state index in [1.54, 1.807) is 31.2 Å². The van der Waals surface area contributed by atoms with Crippen LogP contribution in [0.4, 0.5) is 0 Å². The zero-order chi connectivity index (χ0) is 9.90. The quantitative estimate of drug-likeness (QED) is 0.718. The lowest BCUT2D eigenvalue weighted by Gasteiger charge is -2.08. The predicted octanol–water partition coefficient (Wildman–Crippen LogP) is 1.09. The molecule has 0 radical (unpaired) electrons. The molecule has 0 aromatic heterocycles. The van der Waals surface area contributed by atoms with Gasteiger partial charge in [-0.3, -0.25) is 4.57 Å². The molecule has 4 heteroatoms. The first kappa shape index (κ1) is 10.5. The Bertz CT molecular complexity index is 318. The number of aliphatic hydroxyl groups excluding tert-OH is 1. The van der Waals surface area contributed by atoms with E-state index in [-0.39, 0.29) is 12.8 Å². The largest absolute Gasteiger partial charge is 0.392 e. The summed E-state index contributed by atoms with van der Waals surface area (Å²) in [4.78, 5) is 9.45. The van der Waals surface area contributed by atoms with Crippen molar-refractivity contribution in [2.24, 2.45) is 0 Å². The summed E-state index contributed by atoms with van der Waals surface area (Å²) < 4.78 is 11.5. The maximum atomic E-state index is 11.5. The summed E-state index contributed by atoms with van der Waals surface area (Å²) in [5, 5.41) is 9.21. The Hall–Kier alpha value is -0.630. The topological polar surface area (TPSA) is 57.5 Å². The van der Waals surface area contributed by atoms with Crippen LogP contribution in [0.15, 0.2) is 24.3 Å². The van der Waals surface area contributed by atoms with Crippen LogP contribution in [-0.4, -0.2) is 16.2 Å². The Morgan fingerprint density at radius 1 is 1.31 bits per heavy atom. The average molecular weight is 200 g/mol. The van der Waals surface area contributed by atoms with Gasteiger partial charge in [-0.05, 0) is 17.7 Å². The number of aliphatic hydroxyl groups is 1. The van der Waals surface area contributed by atoms with Gasteiger partial charge in [0.1, 0.15) is 0 Å². The SMILES string of the molecule is CCP(=O)(O)c1ccc(CO)cc1. The lowest BCUT2D eigenvalue weighted by Crippen LogP contribution is -2.05. The molecule has 0 saturated carbocycles. The fourth-order valence-electron chi connectivity index (χ4n) is 1.02. The van der Waals surface area contributed by atoms with Crippen molar-refractivity contribution in [3.05, 3.63) is 29.8 Å². The summed E-state index contributed by atoms with van der Waals surface area (Å²) >= 11 is 0. The number of hydrogen-bond donors (Lipinski definition) is 2. The van der Waals surface area contributed by atoms with Gasteiger partial charge in [0, 0.05) is 11.5 Å². The monoisotopic (exact) mass is 200 g/mol. The minimum absolute atomic E-state index is 0.0395. The molecule has 1 rings (SSSR count). The van der Waals surface area contributed by atoms with E-state index in [0.29, 0.717) is 5.30 Å². The highest BCUT2D eigenvalue weighted by Gasteiger charge is 2.17. The van der Waals surface area contributed by atoms with Gasteiger partial charge in [-0.2, -0.15) is 0 Å². The van der Waals surface area contributed by atoms with Gasteiger partial charge in [-0.25, -0.2) is 0 Å². The van der Waals surface area contributed by atoms with Crippen molar-refractivity contribution in [3.63, 3.8) is 0 Å². The first-order valence-electron chi connectivity index (χ1n) is 4.12. The lowest BCUT2D eigenvalue weighted by atomic mass is 10.2. The van der Waals surface area contributed by atoms with Crippen LogP contribution in [0.1, 0.15) is 12.5 Å². The van der Waals surface area contributed by atoms with E-state index in [0.717, 1.165) is 5.56 Å². The van der Waals surface area contributed by atoms with Crippen LogP contribution >= 0.6 is 7.37 Å². The van der Waals surface area contributed by atoms with E-state index in [9.17, 15) is 9.46 Å². The van der Waals surface area contributed by atoms with Gasteiger partial charge in [0.2, 0.25) is 7.37 Å². The lowest BCUT2D eigenvalue weighted by molar-refractivity contribution is 0.282. The van der Waals surface area contributed by atoms with Crippen molar-refractivity contribution in [2.45, 2.75) is 13.5 Å². The third-order valence-electron chi connectivity index (χ3n) is 1.95. The molecule has 0 aliphatic heterocycles. The van der Waals surface area contributed by atoms with Crippen LogP contribution < -0.4 is 5.30 Å². The molecule has 0 saturated heterocycles. The first-order valence-corrected chi connectivity index (χ1v) is 5.97. The third kappa shape index (κ3) is 2.41. The second kappa shape index (κ2) is 4.05. The maximum absolute atomic E-state index is 11.5. The minimum Gasteiger partial charge on any atom is -0.392 e. The summed E-state index contributed by atoms with van der Waals surface area (Å²) in [6.45, 7) is 1.64. The zero-order valence-electron chi connectivity index (χ0n) is 7.47. The van der Waals surface area contributed by atoms with E-state index in [1.807, 2.05) is 0 Å². The predicted molar refractivity (Wildman–Crippen MR) is 52.4 cm³/mol. The van der Waals surface area contributed by atoms with Gasteiger partial charge in [0.05, 0.1) is 6.61 Å². The Kier molecular flexibility index (Phi) is 3.26. The summed E-state index contributed by atoms with van der Waals surface area (Å²) in [6.07, 6.45) is 0.242. The molecule has 0 spiro atoms. The Morgan fingerprint density at radius 2 is 1.85 bits per heavy atom. The van der Waals surface area contributed by atoms with Crippen LogP contribution in [0.3, 0.4) is 0 Å². The van der Waals surface area contributed by atoms with Crippen molar-refractivity contribution < 1.29 is 14.6 Å². The molecule has 1 atom stereocenters. The second-order valence-corrected chi connectivity index (χ2v) is 5.39. The van der Waals surface area contributed by atoms with Gasteiger partial charge in [0.25, 0.3) is 0 Å². The maximum Gasteiger partial charge on any atom is 0.229 e. The molecule has 2 N–H and O–H groups in total. The molecular formula is C9H13O3P.